The molecule has 4 rings (SSSR count). The topological polar surface area (TPSA) is 23.6 Å². The van der Waals surface area contributed by atoms with E-state index in [0.717, 1.165) is 36.5 Å². The van der Waals surface area contributed by atoms with Gasteiger partial charge in [0.15, 0.2) is 5.78 Å². The zero-order valence-electron chi connectivity index (χ0n) is 13.5. The van der Waals surface area contributed by atoms with Crippen LogP contribution in [-0.4, -0.2) is 42.9 Å². The first-order valence-electron chi connectivity index (χ1n) is 8.81. The number of piperazine rings is 1. The number of ketones is 1. The average molecular weight is 298 g/mol. The standard InChI is InChI=1S/C19H26N2O/c1-14(22)16-4-6-18(7-5-16)20-8-10-21(11-9-20)19-13-15-2-3-17(19)12-15/h4-7,15,17,19H,2-3,8-13H2,1H3/t15-,17+,19-/m0/s1. The van der Waals surface area contributed by atoms with Gasteiger partial charge in [-0.15, -0.1) is 0 Å². The van der Waals surface area contributed by atoms with Crippen molar-refractivity contribution in [3.63, 3.8) is 0 Å². The molecule has 0 spiro atoms. The van der Waals surface area contributed by atoms with Gasteiger partial charge in [-0.1, -0.05) is 6.42 Å². The van der Waals surface area contributed by atoms with E-state index >= 15 is 0 Å². The van der Waals surface area contributed by atoms with Crippen LogP contribution in [0.1, 0.15) is 43.0 Å². The predicted molar refractivity (Wildman–Crippen MR) is 89.5 cm³/mol. The summed E-state index contributed by atoms with van der Waals surface area (Å²) >= 11 is 0. The fourth-order valence-electron chi connectivity index (χ4n) is 4.88. The maximum Gasteiger partial charge on any atom is 0.159 e. The highest BCUT2D eigenvalue weighted by Gasteiger charge is 2.42. The summed E-state index contributed by atoms with van der Waals surface area (Å²) in [4.78, 5) is 16.6. The molecule has 3 aliphatic rings. The van der Waals surface area contributed by atoms with Crippen LogP contribution in [0.15, 0.2) is 24.3 Å². The van der Waals surface area contributed by atoms with Crippen LogP contribution >= 0.6 is 0 Å². The fraction of sp³-hybridized carbons (Fsp3) is 0.632. The molecule has 2 saturated carbocycles. The molecule has 0 unspecified atom stereocenters. The van der Waals surface area contributed by atoms with E-state index in [9.17, 15) is 4.79 Å². The highest BCUT2D eigenvalue weighted by Crippen LogP contribution is 2.46. The summed E-state index contributed by atoms with van der Waals surface area (Å²) < 4.78 is 0. The van der Waals surface area contributed by atoms with Gasteiger partial charge in [-0.25, -0.2) is 0 Å². The Bertz CT molecular complexity index is 545. The van der Waals surface area contributed by atoms with Crippen molar-refractivity contribution >= 4 is 11.5 Å². The van der Waals surface area contributed by atoms with Gasteiger partial charge in [0.1, 0.15) is 0 Å². The van der Waals surface area contributed by atoms with Crippen molar-refractivity contribution in [2.24, 2.45) is 11.8 Å². The Morgan fingerprint density at radius 3 is 2.27 bits per heavy atom. The molecule has 1 heterocycles. The minimum absolute atomic E-state index is 0.146. The number of Topliss-reactive ketones (excluding diaryl/α,β-unsaturated/α-hetero) is 1. The zero-order valence-corrected chi connectivity index (χ0v) is 13.5. The molecular formula is C19H26N2O. The molecule has 0 radical (unpaired) electrons. The number of fused-ring (bicyclic) bond motifs is 2. The van der Waals surface area contributed by atoms with Crippen LogP contribution in [0, 0.1) is 11.8 Å². The van der Waals surface area contributed by atoms with E-state index in [1.165, 1.54) is 44.5 Å². The Balaban J connectivity index is 1.36. The maximum absolute atomic E-state index is 11.4. The lowest BCUT2D eigenvalue weighted by Crippen LogP contribution is -2.51. The van der Waals surface area contributed by atoms with Crippen LogP contribution in [0.2, 0.25) is 0 Å². The Kier molecular flexibility index (Phi) is 3.69. The molecule has 1 aromatic carbocycles. The van der Waals surface area contributed by atoms with Gasteiger partial charge in [0, 0.05) is 43.5 Å². The number of rotatable bonds is 3. The van der Waals surface area contributed by atoms with Gasteiger partial charge >= 0.3 is 0 Å². The van der Waals surface area contributed by atoms with Crippen molar-refractivity contribution < 1.29 is 4.79 Å². The zero-order chi connectivity index (χ0) is 15.1. The van der Waals surface area contributed by atoms with Crippen molar-refractivity contribution in [2.45, 2.75) is 38.6 Å². The molecule has 1 aliphatic heterocycles. The van der Waals surface area contributed by atoms with Crippen LogP contribution in [-0.2, 0) is 0 Å². The molecule has 3 nitrogen and oxygen atoms in total. The molecule has 118 valence electrons. The summed E-state index contributed by atoms with van der Waals surface area (Å²) in [5, 5.41) is 0. The molecule has 3 fully saturated rings. The second kappa shape index (κ2) is 5.69. The maximum atomic E-state index is 11.4. The number of benzene rings is 1. The Morgan fingerprint density at radius 1 is 1.00 bits per heavy atom. The minimum atomic E-state index is 0.146. The third kappa shape index (κ3) is 2.56. The second-order valence-corrected chi connectivity index (χ2v) is 7.37. The van der Waals surface area contributed by atoms with Crippen LogP contribution in [0.25, 0.3) is 0 Å². The van der Waals surface area contributed by atoms with Crippen LogP contribution in [0.4, 0.5) is 5.69 Å². The van der Waals surface area contributed by atoms with Crippen LogP contribution in [0.3, 0.4) is 0 Å². The van der Waals surface area contributed by atoms with Crippen LogP contribution < -0.4 is 4.90 Å². The molecule has 0 aromatic heterocycles. The van der Waals surface area contributed by atoms with Gasteiger partial charge < -0.3 is 4.90 Å². The summed E-state index contributed by atoms with van der Waals surface area (Å²) in [6, 6.07) is 8.99. The molecule has 1 aromatic rings. The van der Waals surface area contributed by atoms with E-state index < -0.39 is 0 Å². The molecule has 3 atom stereocenters. The lowest BCUT2D eigenvalue weighted by molar-refractivity contribution is 0.101. The van der Waals surface area contributed by atoms with Gasteiger partial charge in [0.2, 0.25) is 0 Å². The average Bonchev–Trinajstić information content (AvgIpc) is 3.18. The minimum Gasteiger partial charge on any atom is -0.369 e. The quantitative estimate of drug-likeness (QED) is 0.801. The molecule has 2 aliphatic carbocycles. The second-order valence-electron chi connectivity index (χ2n) is 7.37. The Labute approximate surface area is 133 Å². The summed E-state index contributed by atoms with van der Waals surface area (Å²) in [5.74, 6) is 2.17. The van der Waals surface area contributed by atoms with E-state index in [2.05, 4.69) is 21.9 Å². The summed E-state index contributed by atoms with van der Waals surface area (Å²) in [6.07, 6.45) is 5.92. The van der Waals surface area contributed by atoms with Crippen molar-refractivity contribution in [3.8, 4) is 0 Å². The largest absolute Gasteiger partial charge is 0.369 e. The third-order valence-electron chi connectivity index (χ3n) is 6.12. The number of carbonyl (C=O) groups excluding carboxylic acids is 1. The smallest absolute Gasteiger partial charge is 0.159 e. The van der Waals surface area contributed by atoms with E-state index in [4.69, 9.17) is 0 Å². The van der Waals surface area contributed by atoms with E-state index in [1.807, 2.05) is 12.1 Å². The first kappa shape index (κ1) is 14.3. The first-order chi connectivity index (χ1) is 10.7. The van der Waals surface area contributed by atoms with Gasteiger partial charge in [0.25, 0.3) is 0 Å². The highest BCUT2D eigenvalue weighted by atomic mass is 16.1. The molecule has 0 N–H and O–H groups in total. The lowest BCUT2D eigenvalue weighted by atomic mass is 9.93. The van der Waals surface area contributed by atoms with Gasteiger partial charge in [-0.2, -0.15) is 0 Å². The van der Waals surface area contributed by atoms with Crippen molar-refractivity contribution in [1.82, 2.24) is 4.90 Å². The number of carbonyl (C=O) groups is 1. The lowest BCUT2D eigenvalue weighted by Gasteiger charge is -2.41. The van der Waals surface area contributed by atoms with Gasteiger partial charge in [-0.05, 0) is 62.3 Å². The Hall–Kier alpha value is -1.35. The molecular weight excluding hydrogens is 272 g/mol. The summed E-state index contributed by atoms with van der Waals surface area (Å²) in [6.45, 7) is 6.26. The molecule has 2 bridgehead atoms. The molecule has 22 heavy (non-hydrogen) atoms. The van der Waals surface area contributed by atoms with E-state index in [-0.39, 0.29) is 5.78 Å². The number of hydrogen-bond donors (Lipinski definition) is 0. The monoisotopic (exact) mass is 298 g/mol. The molecule has 3 heteroatoms. The predicted octanol–water partition coefficient (Wildman–Crippen LogP) is 3.20. The number of nitrogens with zero attached hydrogens (tertiary/aromatic N) is 2. The van der Waals surface area contributed by atoms with Crippen molar-refractivity contribution in [3.05, 3.63) is 29.8 Å². The number of anilines is 1. The molecule has 0 amide bonds. The van der Waals surface area contributed by atoms with Gasteiger partial charge in [0.05, 0.1) is 0 Å². The van der Waals surface area contributed by atoms with Gasteiger partial charge in [-0.3, -0.25) is 9.69 Å². The first-order valence-corrected chi connectivity index (χ1v) is 8.81. The highest BCUT2D eigenvalue weighted by molar-refractivity contribution is 5.94. The Morgan fingerprint density at radius 2 is 1.73 bits per heavy atom. The summed E-state index contributed by atoms with van der Waals surface area (Å²) in [7, 11) is 0. The molecule has 1 saturated heterocycles. The normalized spacial score (nSPS) is 31.7. The SMILES string of the molecule is CC(=O)c1ccc(N2CCN([C@H]3C[C@H]4CC[C@@H]3C4)CC2)cc1. The van der Waals surface area contributed by atoms with E-state index in [1.54, 1.807) is 6.92 Å². The summed E-state index contributed by atoms with van der Waals surface area (Å²) in [5.41, 5.74) is 2.07. The third-order valence-corrected chi connectivity index (χ3v) is 6.12. The van der Waals surface area contributed by atoms with E-state index in [0.29, 0.717) is 0 Å². The van der Waals surface area contributed by atoms with Crippen molar-refractivity contribution in [1.29, 1.82) is 0 Å². The fourth-order valence-corrected chi connectivity index (χ4v) is 4.88. The van der Waals surface area contributed by atoms with Crippen LogP contribution in [0.5, 0.6) is 0 Å². The number of hydrogen-bond acceptors (Lipinski definition) is 3. The van der Waals surface area contributed by atoms with Crippen molar-refractivity contribution in [2.75, 3.05) is 31.1 Å².